The number of thioether (sulfide) groups is 1. The van der Waals surface area contributed by atoms with Crippen LogP contribution in [0.1, 0.15) is 17.5 Å². The highest BCUT2D eigenvalue weighted by molar-refractivity contribution is 8.00. The zero-order valence-electron chi connectivity index (χ0n) is 13.3. The van der Waals surface area contributed by atoms with Gasteiger partial charge < -0.3 is 5.32 Å². The highest BCUT2D eigenvalue weighted by Gasteiger charge is 2.10. The Kier molecular flexibility index (Phi) is 6.44. The predicted molar refractivity (Wildman–Crippen MR) is 104 cm³/mol. The smallest absolute Gasteiger partial charge is 0.226 e. The quantitative estimate of drug-likeness (QED) is 0.453. The molecule has 0 aliphatic carbocycles. The van der Waals surface area contributed by atoms with E-state index in [-0.39, 0.29) is 5.91 Å². The molecule has 0 spiro atoms. The highest BCUT2D eigenvalue weighted by atomic mass is 35.5. The molecular formula is C18H16ClN3OS2. The Bertz CT molecular complexity index is 839. The van der Waals surface area contributed by atoms with E-state index in [1.54, 1.807) is 11.8 Å². The molecule has 0 radical (unpaired) electrons. The number of aromatic nitrogens is 2. The Labute approximate surface area is 159 Å². The first-order valence-electron chi connectivity index (χ1n) is 7.74. The van der Waals surface area contributed by atoms with Crippen molar-refractivity contribution in [3.05, 3.63) is 70.7 Å². The maximum Gasteiger partial charge on any atom is 0.226 e. The minimum atomic E-state index is -0.0531. The van der Waals surface area contributed by atoms with Gasteiger partial charge in [0.1, 0.15) is 0 Å². The van der Waals surface area contributed by atoms with E-state index in [1.165, 1.54) is 11.3 Å². The standard InChI is InChI=1S/C18H16ClN3OS2/c19-15-9-5-4-8-14(15)12-24-18-22-21-17(25-18)20-16(23)11-10-13-6-2-1-3-7-13/h1-9H,10-12H2,(H,20,21,23). The Morgan fingerprint density at radius 2 is 1.84 bits per heavy atom. The van der Waals surface area contributed by atoms with Gasteiger partial charge in [0.15, 0.2) is 4.34 Å². The molecule has 1 aromatic heterocycles. The van der Waals surface area contributed by atoms with Gasteiger partial charge >= 0.3 is 0 Å². The summed E-state index contributed by atoms with van der Waals surface area (Å²) < 4.78 is 0.804. The summed E-state index contributed by atoms with van der Waals surface area (Å²) in [6.45, 7) is 0. The van der Waals surface area contributed by atoms with E-state index in [0.29, 0.717) is 18.0 Å². The van der Waals surface area contributed by atoms with Crippen LogP contribution in [0.4, 0.5) is 5.13 Å². The van der Waals surface area contributed by atoms with E-state index < -0.39 is 0 Å². The number of nitrogens with zero attached hydrogens (tertiary/aromatic N) is 2. The van der Waals surface area contributed by atoms with Crippen LogP contribution < -0.4 is 5.32 Å². The number of rotatable bonds is 7. The van der Waals surface area contributed by atoms with Crippen LogP contribution in [-0.4, -0.2) is 16.1 Å². The van der Waals surface area contributed by atoms with Crippen LogP contribution in [0, 0.1) is 0 Å². The summed E-state index contributed by atoms with van der Waals surface area (Å²) in [6.07, 6.45) is 1.13. The number of halogens is 1. The van der Waals surface area contributed by atoms with E-state index in [4.69, 9.17) is 11.6 Å². The fourth-order valence-corrected chi connectivity index (χ4v) is 4.21. The highest BCUT2D eigenvalue weighted by Crippen LogP contribution is 2.30. The molecule has 0 atom stereocenters. The summed E-state index contributed by atoms with van der Waals surface area (Å²) in [7, 11) is 0. The first-order chi connectivity index (χ1) is 12.2. The number of nitrogens with one attached hydrogen (secondary N) is 1. The average molecular weight is 390 g/mol. The average Bonchev–Trinajstić information content (AvgIpc) is 3.07. The van der Waals surface area contributed by atoms with Gasteiger partial charge in [0.05, 0.1) is 0 Å². The Balaban J connectivity index is 1.48. The van der Waals surface area contributed by atoms with Gasteiger partial charge in [-0.15, -0.1) is 10.2 Å². The molecule has 3 rings (SSSR count). The fourth-order valence-electron chi connectivity index (χ4n) is 2.16. The third kappa shape index (κ3) is 5.56. The maximum absolute atomic E-state index is 12.0. The monoisotopic (exact) mass is 389 g/mol. The first-order valence-corrected chi connectivity index (χ1v) is 9.92. The van der Waals surface area contributed by atoms with Crippen molar-refractivity contribution in [2.24, 2.45) is 0 Å². The molecule has 0 aliphatic rings. The van der Waals surface area contributed by atoms with Gasteiger partial charge in [-0.2, -0.15) is 0 Å². The van der Waals surface area contributed by atoms with Gasteiger partial charge in [0.25, 0.3) is 0 Å². The lowest BCUT2D eigenvalue weighted by Crippen LogP contribution is -2.12. The van der Waals surface area contributed by atoms with Crippen LogP contribution >= 0.6 is 34.7 Å². The minimum absolute atomic E-state index is 0.0531. The van der Waals surface area contributed by atoms with E-state index in [1.807, 2.05) is 54.6 Å². The molecule has 3 aromatic rings. The van der Waals surface area contributed by atoms with E-state index in [9.17, 15) is 4.79 Å². The van der Waals surface area contributed by atoms with E-state index in [0.717, 1.165) is 26.2 Å². The Morgan fingerprint density at radius 3 is 2.64 bits per heavy atom. The molecule has 2 aromatic carbocycles. The molecule has 1 amide bonds. The van der Waals surface area contributed by atoms with Crippen LogP contribution in [-0.2, 0) is 17.0 Å². The molecule has 0 saturated heterocycles. The number of aryl methyl sites for hydroxylation is 1. The van der Waals surface area contributed by atoms with Crippen molar-refractivity contribution in [2.45, 2.75) is 22.9 Å². The van der Waals surface area contributed by atoms with Crippen molar-refractivity contribution < 1.29 is 4.79 Å². The molecule has 1 heterocycles. The van der Waals surface area contributed by atoms with E-state index >= 15 is 0 Å². The molecule has 4 nitrogen and oxygen atoms in total. The minimum Gasteiger partial charge on any atom is -0.300 e. The van der Waals surface area contributed by atoms with Crippen LogP contribution in [0.25, 0.3) is 0 Å². The molecule has 0 fully saturated rings. The van der Waals surface area contributed by atoms with Crippen molar-refractivity contribution >= 4 is 45.7 Å². The topological polar surface area (TPSA) is 54.9 Å². The lowest BCUT2D eigenvalue weighted by Gasteiger charge is -2.01. The Hall–Kier alpha value is -1.89. The van der Waals surface area contributed by atoms with Crippen molar-refractivity contribution in [1.82, 2.24) is 10.2 Å². The van der Waals surface area contributed by atoms with E-state index in [2.05, 4.69) is 15.5 Å². The number of anilines is 1. The van der Waals surface area contributed by atoms with Crippen LogP contribution in [0.2, 0.25) is 5.02 Å². The van der Waals surface area contributed by atoms with Crippen molar-refractivity contribution in [3.8, 4) is 0 Å². The van der Waals surface area contributed by atoms with Crippen molar-refractivity contribution in [3.63, 3.8) is 0 Å². The van der Waals surface area contributed by atoms with Gasteiger partial charge in [0.2, 0.25) is 11.0 Å². The summed E-state index contributed by atoms with van der Waals surface area (Å²) in [6, 6.07) is 17.7. The summed E-state index contributed by atoms with van der Waals surface area (Å²) in [5.74, 6) is 0.665. The largest absolute Gasteiger partial charge is 0.300 e. The Morgan fingerprint density at radius 1 is 1.08 bits per heavy atom. The van der Waals surface area contributed by atoms with Crippen molar-refractivity contribution in [2.75, 3.05) is 5.32 Å². The van der Waals surface area contributed by atoms with Gasteiger partial charge in [-0.3, -0.25) is 4.79 Å². The normalized spacial score (nSPS) is 10.6. The molecule has 0 saturated carbocycles. The van der Waals surface area contributed by atoms with Crippen molar-refractivity contribution in [1.29, 1.82) is 0 Å². The van der Waals surface area contributed by atoms with Gasteiger partial charge in [-0.05, 0) is 23.6 Å². The number of amides is 1. The second kappa shape index (κ2) is 8.99. The summed E-state index contributed by atoms with van der Waals surface area (Å²) in [5.41, 5.74) is 2.20. The molecule has 7 heteroatoms. The number of hydrogen-bond donors (Lipinski definition) is 1. The summed E-state index contributed by atoms with van der Waals surface area (Å²) >= 11 is 9.08. The van der Waals surface area contributed by atoms with Gasteiger partial charge in [-0.1, -0.05) is 83.2 Å². The third-order valence-corrected chi connectivity index (χ3v) is 5.83. The summed E-state index contributed by atoms with van der Waals surface area (Å²) in [5, 5.41) is 12.2. The molecule has 25 heavy (non-hydrogen) atoms. The van der Waals surface area contributed by atoms with Crippen LogP contribution in [0.5, 0.6) is 0 Å². The lowest BCUT2D eigenvalue weighted by atomic mass is 10.1. The first kappa shape index (κ1) is 17.9. The number of carbonyl (C=O) groups excluding carboxylic acids is 1. The zero-order valence-corrected chi connectivity index (χ0v) is 15.7. The summed E-state index contributed by atoms with van der Waals surface area (Å²) in [4.78, 5) is 12.0. The molecular weight excluding hydrogens is 374 g/mol. The SMILES string of the molecule is O=C(CCc1ccccc1)Nc1nnc(SCc2ccccc2Cl)s1. The zero-order chi connectivity index (χ0) is 17.5. The third-order valence-electron chi connectivity index (χ3n) is 3.45. The maximum atomic E-state index is 12.0. The second-order valence-corrected chi connectivity index (χ2v) is 7.89. The predicted octanol–water partition coefficient (Wildman–Crippen LogP) is 5.06. The lowest BCUT2D eigenvalue weighted by molar-refractivity contribution is -0.116. The molecule has 1 N–H and O–H groups in total. The molecule has 128 valence electrons. The van der Waals surface area contributed by atoms with Crippen LogP contribution in [0.15, 0.2) is 58.9 Å². The second-order valence-electron chi connectivity index (χ2n) is 5.29. The van der Waals surface area contributed by atoms with Gasteiger partial charge in [-0.25, -0.2) is 0 Å². The number of carbonyl (C=O) groups is 1. The van der Waals surface area contributed by atoms with Crippen LogP contribution in [0.3, 0.4) is 0 Å². The fraction of sp³-hybridized carbons (Fsp3) is 0.167. The van der Waals surface area contributed by atoms with Gasteiger partial charge in [0, 0.05) is 17.2 Å². The molecule has 0 aliphatic heterocycles. The number of hydrogen-bond acceptors (Lipinski definition) is 5. The molecule has 0 unspecified atom stereocenters. The molecule has 0 bridgehead atoms. The number of benzene rings is 2.